The number of carbonyl (C=O) groups is 3. The van der Waals surface area contributed by atoms with E-state index in [1.54, 1.807) is 4.90 Å². The van der Waals surface area contributed by atoms with Crippen molar-refractivity contribution in [3.8, 4) is 0 Å². The van der Waals surface area contributed by atoms with Gasteiger partial charge in [-0.1, -0.05) is 66.7 Å². The molecule has 0 aliphatic heterocycles. The molecule has 0 aromatic heterocycles. The van der Waals surface area contributed by atoms with E-state index in [-0.39, 0.29) is 17.2 Å². The van der Waals surface area contributed by atoms with Crippen molar-refractivity contribution in [3.05, 3.63) is 112 Å². The number of esters is 1. The number of nitro groups is 1. The number of benzene rings is 3. The lowest BCUT2D eigenvalue weighted by molar-refractivity contribution is -0.384. The van der Waals surface area contributed by atoms with Gasteiger partial charge in [0.25, 0.3) is 17.5 Å². The highest BCUT2D eigenvalue weighted by Crippen LogP contribution is 2.15. The van der Waals surface area contributed by atoms with E-state index in [0.717, 1.165) is 17.2 Å². The van der Waals surface area contributed by atoms with E-state index >= 15 is 0 Å². The van der Waals surface area contributed by atoms with Crippen molar-refractivity contribution < 1.29 is 24.0 Å². The predicted octanol–water partition coefficient (Wildman–Crippen LogP) is 3.87. The van der Waals surface area contributed by atoms with Gasteiger partial charge in [-0.25, -0.2) is 4.79 Å². The molecule has 0 saturated heterocycles. The molecule has 2 atom stereocenters. The van der Waals surface area contributed by atoms with Gasteiger partial charge in [0.1, 0.15) is 6.04 Å². The minimum atomic E-state index is -1.10. The van der Waals surface area contributed by atoms with Gasteiger partial charge in [0.2, 0.25) is 0 Å². The number of hydrogen-bond acceptors (Lipinski definition) is 6. The SMILES string of the molecule is CC(OC(=O)[C@H](C)NC(=O)c1cccc([N+](=O)[O-])c1)C(=O)N(Cc1ccccc1)Cc1ccccc1. The summed E-state index contributed by atoms with van der Waals surface area (Å²) in [4.78, 5) is 50.3. The van der Waals surface area contributed by atoms with E-state index in [2.05, 4.69) is 5.32 Å². The van der Waals surface area contributed by atoms with E-state index in [1.807, 2.05) is 60.7 Å². The average Bonchev–Trinajstić information content (AvgIpc) is 2.89. The number of ether oxygens (including phenoxy) is 1. The fourth-order valence-electron chi connectivity index (χ4n) is 3.50. The highest BCUT2D eigenvalue weighted by molar-refractivity contribution is 5.97. The summed E-state index contributed by atoms with van der Waals surface area (Å²) in [5.41, 5.74) is 1.65. The minimum absolute atomic E-state index is 0.0323. The van der Waals surface area contributed by atoms with Crippen molar-refractivity contribution in [2.24, 2.45) is 0 Å². The van der Waals surface area contributed by atoms with Gasteiger partial charge in [0.15, 0.2) is 6.10 Å². The minimum Gasteiger partial charge on any atom is -0.451 e. The molecule has 9 heteroatoms. The Bertz CT molecular complexity index is 1170. The van der Waals surface area contributed by atoms with Crippen LogP contribution in [0.3, 0.4) is 0 Å². The fraction of sp³-hybridized carbons (Fsp3) is 0.222. The van der Waals surface area contributed by atoms with Crippen LogP contribution in [0, 0.1) is 10.1 Å². The van der Waals surface area contributed by atoms with Gasteiger partial charge in [0.05, 0.1) is 4.92 Å². The topological polar surface area (TPSA) is 119 Å². The van der Waals surface area contributed by atoms with Gasteiger partial charge in [-0.2, -0.15) is 0 Å². The van der Waals surface area contributed by atoms with Crippen molar-refractivity contribution in [3.63, 3.8) is 0 Å². The molecule has 36 heavy (non-hydrogen) atoms. The van der Waals surface area contributed by atoms with Crippen LogP contribution in [0.2, 0.25) is 0 Å². The summed E-state index contributed by atoms with van der Waals surface area (Å²) in [6.07, 6.45) is -1.10. The van der Waals surface area contributed by atoms with Crippen molar-refractivity contribution in [1.29, 1.82) is 0 Å². The van der Waals surface area contributed by atoms with Crippen LogP contribution in [0.25, 0.3) is 0 Å². The van der Waals surface area contributed by atoms with Crippen molar-refractivity contribution in [2.45, 2.75) is 39.1 Å². The summed E-state index contributed by atoms with van der Waals surface area (Å²) in [7, 11) is 0. The molecule has 0 aliphatic carbocycles. The average molecular weight is 490 g/mol. The summed E-state index contributed by atoms with van der Waals surface area (Å²) >= 11 is 0. The molecule has 2 amide bonds. The number of amides is 2. The van der Waals surface area contributed by atoms with Crippen LogP contribution in [-0.2, 0) is 27.4 Å². The highest BCUT2D eigenvalue weighted by Gasteiger charge is 2.27. The first-order valence-corrected chi connectivity index (χ1v) is 11.4. The number of rotatable bonds is 10. The van der Waals surface area contributed by atoms with Gasteiger partial charge in [-0.05, 0) is 31.0 Å². The molecule has 9 nitrogen and oxygen atoms in total. The number of hydrogen-bond donors (Lipinski definition) is 1. The summed E-state index contributed by atoms with van der Waals surface area (Å²) in [5.74, 6) is -1.85. The molecular weight excluding hydrogens is 462 g/mol. The lowest BCUT2D eigenvalue weighted by atomic mass is 10.1. The van der Waals surface area contributed by atoms with Crippen LogP contribution in [-0.4, -0.2) is 39.8 Å². The Kier molecular flexibility index (Phi) is 8.88. The second-order valence-electron chi connectivity index (χ2n) is 8.25. The molecular formula is C27H27N3O6. The highest BCUT2D eigenvalue weighted by atomic mass is 16.6. The molecule has 0 aliphatic rings. The Morgan fingerprint density at radius 3 is 1.97 bits per heavy atom. The van der Waals surface area contributed by atoms with Crippen LogP contribution in [0.15, 0.2) is 84.9 Å². The summed E-state index contributed by atoms with van der Waals surface area (Å²) in [6.45, 7) is 3.56. The Balaban J connectivity index is 1.65. The van der Waals surface area contributed by atoms with E-state index < -0.39 is 28.9 Å². The smallest absolute Gasteiger partial charge is 0.329 e. The zero-order chi connectivity index (χ0) is 26.1. The monoisotopic (exact) mass is 489 g/mol. The standard InChI is InChI=1S/C27H27N3O6/c1-19(28-25(31)23-14-9-15-24(16-23)30(34)35)27(33)36-20(2)26(32)29(17-21-10-5-3-6-11-21)18-22-12-7-4-8-13-22/h3-16,19-20H,17-18H2,1-2H3,(H,28,31)/t19-,20?/m0/s1. The third kappa shape index (κ3) is 7.23. The zero-order valence-electron chi connectivity index (χ0n) is 20.0. The Labute approximate surface area is 208 Å². The summed E-state index contributed by atoms with van der Waals surface area (Å²) in [6, 6.07) is 23.0. The number of nitrogens with zero attached hydrogens (tertiary/aromatic N) is 2. The Hall–Kier alpha value is -4.53. The maximum absolute atomic E-state index is 13.3. The van der Waals surface area contributed by atoms with Crippen molar-refractivity contribution in [1.82, 2.24) is 10.2 Å². The Morgan fingerprint density at radius 1 is 0.889 bits per heavy atom. The van der Waals surface area contributed by atoms with Gasteiger partial charge >= 0.3 is 5.97 Å². The molecule has 0 heterocycles. The molecule has 0 fully saturated rings. The molecule has 0 saturated carbocycles. The van der Waals surface area contributed by atoms with Crippen LogP contribution >= 0.6 is 0 Å². The lowest BCUT2D eigenvalue weighted by Gasteiger charge is -2.26. The van der Waals surface area contributed by atoms with E-state index in [1.165, 1.54) is 32.0 Å². The van der Waals surface area contributed by atoms with Gasteiger partial charge in [0, 0.05) is 30.8 Å². The van der Waals surface area contributed by atoms with Crippen LogP contribution < -0.4 is 5.32 Å². The van der Waals surface area contributed by atoms with Crippen LogP contribution in [0.5, 0.6) is 0 Å². The molecule has 1 unspecified atom stereocenters. The van der Waals surface area contributed by atoms with Crippen LogP contribution in [0.4, 0.5) is 5.69 Å². The van der Waals surface area contributed by atoms with Gasteiger partial charge in [-0.3, -0.25) is 19.7 Å². The normalized spacial score (nSPS) is 12.2. The molecule has 3 rings (SSSR count). The second-order valence-corrected chi connectivity index (χ2v) is 8.25. The summed E-state index contributed by atoms with van der Waals surface area (Å²) in [5, 5.41) is 13.4. The second kappa shape index (κ2) is 12.3. The lowest BCUT2D eigenvalue weighted by Crippen LogP contribution is -2.44. The number of carbonyl (C=O) groups excluding carboxylic acids is 3. The number of non-ortho nitro benzene ring substituents is 1. The molecule has 186 valence electrons. The van der Waals surface area contributed by atoms with E-state index in [4.69, 9.17) is 4.74 Å². The van der Waals surface area contributed by atoms with Gasteiger partial charge < -0.3 is 15.0 Å². The van der Waals surface area contributed by atoms with E-state index in [0.29, 0.717) is 13.1 Å². The van der Waals surface area contributed by atoms with Crippen molar-refractivity contribution >= 4 is 23.5 Å². The third-order valence-electron chi connectivity index (χ3n) is 5.41. The molecule has 0 bridgehead atoms. The first-order chi connectivity index (χ1) is 17.2. The maximum atomic E-state index is 13.3. The van der Waals surface area contributed by atoms with Crippen molar-refractivity contribution in [2.75, 3.05) is 0 Å². The first kappa shape index (κ1) is 26.1. The number of nitro benzene ring substituents is 1. The molecule has 0 radical (unpaired) electrons. The van der Waals surface area contributed by atoms with Gasteiger partial charge in [-0.15, -0.1) is 0 Å². The molecule has 3 aromatic carbocycles. The largest absolute Gasteiger partial charge is 0.451 e. The zero-order valence-corrected chi connectivity index (χ0v) is 20.0. The molecule has 3 aromatic rings. The van der Waals surface area contributed by atoms with E-state index in [9.17, 15) is 24.5 Å². The maximum Gasteiger partial charge on any atom is 0.329 e. The first-order valence-electron chi connectivity index (χ1n) is 11.4. The third-order valence-corrected chi connectivity index (χ3v) is 5.41. The van der Waals surface area contributed by atoms with Crippen LogP contribution in [0.1, 0.15) is 35.3 Å². The Morgan fingerprint density at radius 2 is 1.44 bits per heavy atom. The number of nitrogens with one attached hydrogen (secondary N) is 1. The summed E-state index contributed by atoms with van der Waals surface area (Å²) < 4.78 is 5.38. The molecule has 0 spiro atoms. The predicted molar refractivity (Wildman–Crippen MR) is 133 cm³/mol. The molecule has 1 N–H and O–H groups in total. The fourth-order valence-corrected chi connectivity index (χ4v) is 3.50. The quantitative estimate of drug-likeness (QED) is 0.262.